The summed E-state index contributed by atoms with van der Waals surface area (Å²) in [5.74, 6) is 0.0620. The van der Waals surface area contributed by atoms with Gasteiger partial charge in [0.15, 0.2) is 0 Å². The maximum atomic E-state index is 12.0. The molecule has 2 fully saturated rings. The summed E-state index contributed by atoms with van der Waals surface area (Å²) in [4.78, 5) is 17.1. The Hall–Kier alpha value is -0.330. The third kappa shape index (κ3) is 5.10. The van der Waals surface area contributed by atoms with Crippen molar-refractivity contribution in [2.24, 2.45) is 11.3 Å². The standard InChI is InChI=1S/C18H28N2O2S.2ClH/c1-13(2)10-14-4-5-15(23-14)11-20-9-6-16-18(12-20,17(21)22)7-3-8-19-16;;/h4-5,13,16,19H,3,6-12H2,1-2H3,(H,21,22);2*1H/t16-,18+;;/m1../s1. The SMILES string of the molecule is CC(C)Cc1ccc(CN2CC[C@H]3NCCC[C@]3(C(=O)O)C2)s1.Cl.Cl. The van der Waals surface area contributed by atoms with Crippen LogP contribution in [0, 0.1) is 11.3 Å². The zero-order chi connectivity index (χ0) is 16.4. The number of hydrogen-bond acceptors (Lipinski definition) is 4. The quantitative estimate of drug-likeness (QED) is 0.777. The molecule has 0 amide bonds. The number of aliphatic carboxylic acids is 1. The third-order valence-electron chi connectivity index (χ3n) is 5.23. The van der Waals surface area contributed by atoms with Gasteiger partial charge in [0.1, 0.15) is 0 Å². The van der Waals surface area contributed by atoms with Crippen molar-refractivity contribution in [2.75, 3.05) is 19.6 Å². The lowest BCUT2D eigenvalue weighted by atomic mass is 9.70. The highest BCUT2D eigenvalue weighted by atomic mass is 35.5. The largest absolute Gasteiger partial charge is 0.481 e. The number of piperidine rings is 2. The van der Waals surface area contributed by atoms with E-state index in [1.165, 1.54) is 9.75 Å². The molecule has 2 aliphatic heterocycles. The van der Waals surface area contributed by atoms with Gasteiger partial charge in [-0.05, 0) is 50.3 Å². The van der Waals surface area contributed by atoms with Crippen molar-refractivity contribution in [3.8, 4) is 0 Å². The van der Waals surface area contributed by atoms with Crippen LogP contribution in [0.4, 0.5) is 0 Å². The molecule has 0 aromatic carbocycles. The van der Waals surface area contributed by atoms with Gasteiger partial charge in [0.05, 0.1) is 5.41 Å². The predicted molar refractivity (Wildman–Crippen MR) is 108 cm³/mol. The number of hydrogen-bond donors (Lipinski definition) is 2. The first-order chi connectivity index (χ1) is 11.0. The summed E-state index contributed by atoms with van der Waals surface area (Å²) in [7, 11) is 0. The topological polar surface area (TPSA) is 52.6 Å². The number of thiophene rings is 1. The molecule has 0 unspecified atom stereocenters. The smallest absolute Gasteiger partial charge is 0.312 e. The van der Waals surface area contributed by atoms with Crippen molar-refractivity contribution in [2.45, 2.75) is 52.1 Å². The lowest BCUT2D eigenvalue weighted by Crippen LogP contribution is -2.62. The normalized spacial score (nSPS) is 26.4. The minimum absolute atomic E-state index is 0. The Morgan fingerprint density at radius 3 is 2.80 bits per heavy atom. The molecule has 2 atom stereocenters. The molecule has 7 heteroatoms. The van der Waals surface area contributed by atoms with E-state index < -0.39 is 11.4 Å². The van der Waals surface area contributed by atoms with Gasteiger partial charge < -0.3 is 10.4 Å². The van der Waals surface area contributed by atoms with Crippen LogP contribution in [0.2, 0.25) is 0 Å². The molecule has 0 aliphatic carbocycles. The van der Waals surface area contributed by atoms with Crippen LogP contribution in [0.1, 0.15) is 42.9 Å². The fourth-order valence-electron chi connectivity index (χ4n) is 4.11. The number of halogens is 2. The van der Waals surface area contributed by atoms with E-state index in [0.29, 0.717) is 12.5 Å². The molecule has 2 N–H and O–H groups in total. The monoisotopic (exact) mass is 408 g/mol. The number of likely N-dealkylation sites (tertiary alicyclic amines) is 1. The second kappa shape index (κ2) is 9.56. The molecule has 2 aliphatic rings. The summed E-state index contributed by atoms with van der Waals surface area (Å²) >= 11 is 1.89. The predicted octanol–water partition coefficient (Wildman–Crippen LogP) is 3.82. The molecule has 144 valence electrons. The molecule has 0 spiro atoms. The van der Waals surface area contributed by atoms with Gasteiger partial charge in [-0.1, -0.05) is 13.8 Å². The number of fused-ring (bicyclic) bond motifs is 1. The van der Waals surface area contributed by atoms with Crippen molar-refractivity contribution in [3.63, 3.8) is 0 Å². The lowest BCUT2D eigenvalue weighted by Gasteiger charge is -2.48. The van der Waals surface area contributed by atoms with Crippen molar-refractivity contribution in [1.29, 1.82) is 0 Å². The summed E-state index contributed by atoms with van der Waals surface area (Å²) in [6, 6.07) is 4.60. The van der Waals surface area contributed by atoms with E-state index in [-0.39, 0.29) is 30.9 Å². The van der Waals surface area contributed by atoms with E-state index in [2.05, 4.69) is 36.2 Å². The van der Waals surface area contributed by atoms with Crippen LogP contribution in [-0.4, -0.2) is 41.7 Å². The minimum Gasteiger partial charge on any atom is -0.481 e. The number of carboxylic acids is 1. The molecule has 3 rings (SSSR count). The fraction of sp³-hybridized carbons (Fsp3) is 0.722. The van der Waals surface area contributed by atoms with Gasteiger partial charge in [-0.25, -0.2) is 0 Å². The first-order valence-corrected chi connectivity index (χ1v) is 9.58. The summed E-state index contributed by atoms with van der Waals surface area (Å²) in [6.45, 7) is 8.02. The van der Waals surface area contributed by atoms with Crippen molar-refractivity contribution < 1.29 is 9.90 Å². The highest BCUT2D eigenvalue weighted by molar-refractivity contribution is 7.11. The summed E-state index contributed by atoms with van der Waals surface area (Å²) in [5.41, 5.74) is -0.589. The average molecular weight is 409 g/mol. The van der Waals surface area contributed by atoms with Crippen LogP contribution in [0.15, 0.2) is 12.1 Å². The summed E-state index contributed by atoms with van der Waals surface area (Å²) in [5, 5.41) is 13.3. The first kappa shape index (κ1) is 22.7. The van der Waals surface area contributed by atoms with Gasteiger partial charge in [-0.3, -0.25) is 9.69 Å². The zero-order valence-electron chi connectivity index (χ0n) is 15.0. The Morgan fingerprint density at radius 1 is 1.40 bits per heavy atom. The zero-order valence-corrected chi connectivity index (χ0v) is 17.4. The van der Waals surface area contributed by atoms with Crippen LogP contribution in [-0.2, 0) is 17.8 Å². The molecule has 4 nitrogen and oxygen atoms in total. The second-order valence-electron chi connectivity index (χ2n) is 7.54. The number of carbonyl (C=O) groups is 1. The molecule has 3 heterocycles. The maximum Gasteiger partial charge on any atom is 0.312 e. The Kier molecular flexibility index (Phi) is 8.69. The van der Waals surface area contributed by atoms with E-state index in [1.807, 2.05) is 11.3 Å². The Morgan fingerprint density at radius 2 is 2.12 bits per heavy atom. The van der Waals surface area contributed by atoms with E-state index in [4.69, 9.17) is 0 Å². The third-order valence-corrected chi connectivity index (χ3v) is 6.32. The van der Waals surface area contributed by atoms with Crippen molar-refractivity contribution in [1.82, 2.24) is 10.2 Å². The molecule has 0 bridgehead atoms. The van der Waals surface area contributed by atoms with E-state index in [1.54, 1.807) is 0 Å². The van der Waals surface area contributed by atoms with Gasteiger partial charge in [-0.2, -0.15) is 0 Å². The summed E-state index contributed by atoms with van der Waals surface area (Å²) in [6.07, 6.45) is 3.85. The van der Waals surface area contributed by atoms with Crippen LogP contribution >= 0.6 is 36.2 Å². The highest BCUT2D eigenvalue weighted by Gasteiger charge is 2.50. The Bertz CT molecular complexity index is 567. The van der Waals surface area contributed by atoms with Gasteiger partial charge in [0.2, 0.25) is 0 Å². The molecule has 1 aromatic rings. The van der Waals surface area contributed by atoms with Gasteiger partial charge in [-0.15, -0.1) is 36.2 Å². The van der Waals surface area contributed by atoms with Gasteiger partial charge in [0.25, 0.3) is 0 Å². The molecule has 2 saturated heterocycles. The molecular formula is C18H30Cl2N2O2S. The Labute approximate surface area is 167 Å². The van der Waals surface area contributed by atoms with E-state index in [0.717, 1.165) is 45.3 Å². The molecule has 1 aromatic heterocycles. The molecular weight excluding hydrogens is 379 g/mol. The van der Waals surface area contributed by atoms with Crippen LogP contribution in [0.5, 0.6) is 0 Å². The van der Waals surface area contributed by atoms with Crippen LogP contribution in [0.3, 0.4) is 0 Å². The van der Waals surface area contributed by atoms with E-state index >= 15 is 0 Å². The van der Waals surface area contributed by atoms with Gasteiger partial charge in [0, 0.05) is 35.4 Å². The average Bonchev–Trinajstić information content (AvgIpc) is 2.93. The van der Waals surface area contributed by atoms with Crippen LogP contribution < -0.4 is 5.32 Å². The number of rotatable bonds is 5. The second-order valence-corrected chi connectivity index (χ2v) is 8.79. The summed E-state index contributed by atoms with van der Waals surface area (Å²) < 4.78 is 0. The van der Waals surface area contributed by atoms with Crippen molar-refractivity contribution in [3.05, 3.63) is 21.9 Å². The maximum absolute atomic E-state index is 12.0. The molecule has 0 radical (unpaired) electrons. The van der Waals surface area contributed by atoms with Gasteiger partial charge >= 0.3 is 5.97 Å². The number of nitrogens with one attached hydrogen (secondary N) is 1. The molecule has 25 heavy (non-hydrogen) atoms. The highest BCUT2D eigenvalue weighted by Crippen LogP contribution is 2.38. The minimum atomic E-state index is -0.619. The van der Waals surface area contributed by atoms with Crippen molar-refractivity contribution >= 4 is 42.1 Å². The number of carboxylic acid groups (broad SMARTS) is 1. The number of nitrogens with zero attached hydrogens (tertiary/aromatic N) is 1. The fourth-order valence-corrected chi connectivity index (χ4v) is 5.38. The first-order valence-electron chi connectivity index (χ1n) is 8.76. The lowest BCUT2D eigenvalue weighted by molar-refractivity contribution is -0.157. The Balaban J connectivity index is 0.00000156. The van der Waals surface area contributed by atoms with E-state index in [9.17, 15) is 9.90 Å². The molecule has 0 saturated carbocycles. The van der Waals surface area contributed by atoms with Crippen LogP contribution in [0.25, 0.3) is 0 Å².